The number of carbonyl (C=O) groups is 1. The van der Waals surface area contributed by atoms with Crippen LogP contribution in [0.3, 0.4) is 0 Å². The minimum atomic E-state index is -3.52. The van der Waals surface area contributed by atoms with E-state index in [9.17, 15) is 13.2 Å². The van der Waals surface area contributed by atoms with Crippen molar-refractivity contribution in [2.45, 2.75) is 27.7 Å². The molecular weight excluding hydrogens is 448 g/mol. The van der Waals surface area contributed by atoms with Gasteiger partial charge in [0.15, 0.2) is 0 Å². The van der Waals surface area contributed by atoms with Crippen molar-refractivity contribution in [3.63, 3.8) is 0 Å². The topological polar surface area (TPSA) is 66.5 Å². The van der Waals surface area contributed by atoms with Crippen molar-refractivity contribution in [3.05, 3.63) is 77.7 Å². The summed E-state index contributed by atoms with van der Waals surface area (Å²) in [5.74, 6) is 0.380. The van der Waals surface area contributed by atoms with Crippen LogP contribution in [0, 0.1) is 5.92 Å². The molecule has 1 N–H and O–H groups in total. The van der Waals surface area contributed by atoms with Crippen molar-refractivity contribution >= 4 is 44.7 Å². The number of benzene rings is 2. The first-order valence-corrected chi connectivity index (χ1v) is 13.4. The molecule has 1 aromatic heterocycles. The van der Waals surface area contributed by atoms with Gasteiger partial charge in [-0.05, 0) is 54.1 Å². The highest BCUT2D eigenvalue weighted by Crippen LogP contribution is 2.27. The highest BCUT2D eigenvalue weighted by atomic mass is 32.2. The Kier molecular flexibility index (Phi) is 7.12. The molecule has 0 unspecified atom stereocenters. The standard InChI is InChI=1S/C23H24N2O3S3/c26-23(19-6-4-14-25(16-19)31(27,28)22-9-5-15-29-22)24-20-12-10-18(11-13-20)17-30-21-7-2-1-3-8-21/h1-3,5,7-13,15,19H,4,6,14,16-17H2,(H,24,26)/t19-/m1/s1. The molecule has 162 valence electrons. The Labute approximate surface area is 191 Å². The molecule has 0 spiro atoms. The summed E-state index contributed by atoms with van der Waals surface area (Å²) >= 11 is 2.98. The number of rotatable bonds is 7. The molecule has 4 rings (SSSR count). The van der Waals surface area contributed by atoms with Crippen molar-refractivity contribution in [2.75, 3.05) is 18.4 Å². The second-order valence-electron chi connectivity index (χ2n) is 7.42. The molecule has 1 fully saturated rings. The van der Waals surface area contributed by atoms with Crippen molar-refractivity contribution < 1.29 is 13.2 Å². The van der Waals surface area contributed by atoms with Crippen LogP contribution < -0.4 is 5.32 Å². The maximum atomic E-state index is 12.8. The lowest BCUT2D eigenvalue weighted by molar-refractivity contribution is -0.120. The van der Waals surface area contributed by atoms with Gasteiger partial charge < -0.3 is 5.32 Å². The summed E-state index contributed by atoms with van der Waals surface area (Å²) in [6.45, 7) is 0.676. The van der Waals surface area contributed by atoms with Crippen LogP contribution in [0.1, 0.15) is 18.4 Å². The quantitative estimate of drug-likeness (QED) is 0.487. The summed E-state index contributed by atoms with van der Waals surface area (Å²) in [5.41, 5.74) is 1.91. The van der Waals surface area contributed by atoms with E-state index >= 15 is 0 Å². The third-order valence-corrected chi connectivity index (χ3v) is 9.54. The number of hydrogen-bond acceptors (Lipinski definition) is 5. The van der Waals surface area contributed by atoms with Gasteiger partial charge in [-0.25, -0.2) is 8.42 Å². The van der Waals surface area contributed by atoms with Gasteiger partial charge in [0, 0.05) is 29.4 Å². The predicted molar refractivity (Wildman–Crippen MR) is 127 cm³/mol. The Balaban J connectivity index is 1.33. The normalized spacial score (nSPS) is 17.4. The summed E-state index contributed by atoms with van der Waals surface area (Å²) < 4.78 is 27.3. The zero-order chi connectivity index (χ0) is 21.7. The zero-order valence-electron chi connectivity index (χ0n) is 16.9. The second kappa shape index (κ2) is 9.99. The van der Waals surface area contributed by atoms with Crippen LogP contribution in [-0.4, -0.2) is 31.7 Å². The van der Waals surface area contributed by atoms with Gasteiger partial charge in [0.1, 0.15) is 4.21 Å². The molecule has 3 aromatic rings. The monoisotopic (exact) mass is 472 g/mol. The highest BCUT2D eigenvalue weighted by molar-refractivity contribution is 7.98. The number of carbonyl (C=O) groups excluding carboxylic acids is 1. The first kappa shape index (κ1) is 22.1. The van der Waals surface area contributed by atoms with Gasteiger partial charge in [-0.3, -0.25) is 4.79 Å². The van der Waals surface area contributed by atoms with E-state index in [1.807, 2.05) is 42.5 Å². The van der Waals surface area contributed by atoms with Crippen LogP contribution in [0.15, 0.2) is 81.2 Å². The van der Waals surface area contributed by atoms with Crippen LogP contribution in [0.2, 0.25) is 0 Å². The first-order chi connectivity index (χ1) is 15.0. The van der Waals surface area contributed by atoms with Crippen molar-refractivity contribution in [3.8, 4) is 0 Å². The molecular formula is C23H24N2O3S3. The van der Waals surface area contributed by atoms with Crippen LogP contribution in [0.4, 0.5) is 5.69 Å². The molecule has 2 aromatic carbocycles. The third-order valence-electron chi connectivity index (χ3n) is 5.21. The summed E-state index contributed by atoms with van der Waals surface area (Å²) in [6, 6.07) is 21.4. The molecule has 0 bridgehead atoms. The van der Waals surface area contributed by atoms with Crippen molar-refractivity contribution in [2.24, 2.45) is 5.92 Å². The molecule has 0 saturated carbocycles. The number of nitrogens with zero attached hydrogens (tertiary/aromatic N) is 1. The zero-order valence-corrected chi connectivity index (χ0v) is 19.4. The van der Waals surface area contributed by atoms with Crippen molar-refractivity contribution in [1.29, 1.82) is 0 Å². The summed E-state index contributed by atoms with van der Waals surface area (Å²) in [4.78, 5) is 14.0. The van der Waals surface area contributed by atoms with E-state index in [1.54, 1.807) is 29.3 Å². The summed E-state index contributed by atoms with van der Waals surface area (Å²) in [5, 5.41) is 4.71. The summed E-state index contributed by atoms with van der Waals surface area (Å²) in [7, 11) is -3.52. The molecule has 1 atom stereocenters. The van der Waals surface area contributed by atoms with E-state index in [0.717, 1.165) is 11.4 Å². The van der Waals surface area contributed by atoms with Gasteiger partial charge >= 0.3 is 0 Å². The number of thioether (sulfide) groups is 1. The Morgan fingerprint density at radius 3 is 2.55 bits per heavy atom. The maximum Gasteiger partial charge on any atom is 0.252 e. The van der Waals surface area contributed by atoms with E-state index in [-0.39, 0.29) is 18.4 Å². The lowest BCUT2D eigenvalue weighted by atomic mass is 9.98. The number of hydrogen-bond donors (Lipinski definition) is 1. The average molecular weight is 473 g/mol. The van der Waals surface area contributed by atoms with Gasteiger partial charge in [0.2, 0.25) is 5.91 Å². The molecule has 5 nitrogen and oxygen atoms in total. The van der Waals surface area contributed by atoms with Crippen LogP contribution in [-0.2, 0) is 20.6 Å². The Hall–Kier alpha value is -2.13. The second-order valence-corrected chi connectivity index (χ2v) is 11.6. The molecule has 1 aliphatic heterocycles. The average Bonchev–Trinajstić information content (AvgIpc) is 3.35. The van der Waals surface area contributed by atoms with E-state index in [0.29, 0.717) is 23.6 Å². The molecule has 8 heteroatoms. The minimum absolute atomic E-state index is 0.127. The summed E-state index contributed by atoms with van der Waals surface area (Å²) in [6.07, 6.45) is 1.37. The Morgan fingerprint density at radius 1 is 1.06 bits per heavy atom. The largest absolute Gasteiger partial charge is 0.326 e. The van der Waals surface area contributed by atoms with E-state index in [1.165, 1.54) is 26.1 Å². The van der Waals surface area contributed by atoms with Crippen LogP contribution in [0.25, 0.3) is 0 Å². The number of anilines is 1. The number of piperidine rings is 1. The molecule has 1 amide bonds. The van der Waals surface area contributed by atoms with Crippen molar-refractivity contribution in [1.82, 2.24) is 4.31 Å². The number of nitrogens with one attached hydrogen (secondary N) is 1. The molecule has 0 radical (unpaired) electrons. The predicted octanol–water partition coefficient (Wildman–Crippen LogP) is 5.08. The SMILES string of the molecule is O=C(Nc1ccc(CSc2ccccc2)cc1)[C@@H]1CCCN(S(=O)(=O)c2cccs2)C1. The number of amides is 1. The van der Waals surface area contributed by atoms with Gasteiger partial charge in [-0.2, -0.15) is 4.31 Å². The Morgan fingerprint density at radius 2 is 1.84 bits per heavy atom. The Bertz CT molecular complexity index is 1100. The lowest BCUT2D eigenvalue weighted by Gasteiger charge is -2.30. The van der Waals surface area contributed by atoms with Gasteiger partial charge in [0.05, 0.1) is 5.92 Å². The molecule has 31 heavy (non-hydrogen) atoms. The number of thiophene rings is 1. The lowest BCUT2D eigenvalue weighted by Crippen LogP contribution is -2.43. The molecule has 1 saturated heterocycles. The minimum Gasteiger partial charge on any atom is -0.326 e. The van der Waals surface area contributed by atoms with Crippen LogP contribution >= 0.6 is 23.1 Å². The fourth-order valence-corrected chi connectivity index (χ4v) is 7.07. The fourth-order valence-electron chi connectivity index (χ4n) is 3.52. The maximum absolute atomic E-state index is 12.8. The number of sulfonamides is 1. The van der Waals surface area contributed by atoms with Gasteiger partial charge in [0.25, 0.3) is 10.0 Å². The van der Waals surface area contributed by atoms with E-state index in [4.69, 9.17) is 0 Å². The third kappa shape index (κ3) is 5.57. The van der Waals surface area contributed by atoms with E-state index < -0.39 is 10.0 Å². The molecule has 0 aliphatic carbocycles. The van der Waals surface area contributed by atoms with Gasteiger partial charge in [-0.1, -0.05) is 36.4 Å². The molecule has 1 aliphatic rings. The fraction of sp³-hybridized carbons (Fsp3) is 0.261. The molecule has 2 heterocycles. The highest BCUT2D eigenvalue weighted by Gasteiger charge is 2.33. The van der Waals surface area contributed by atoms with Crippen LogP contribution in [0.5, 0.6) is 0 Å². The van der Waals surface area contributed by atoms with E-state index in [2.05, 4.69) is 17.4 Å². The van der Waals surface area contributed by atoms with Gasteiger partial charge in [-0.15, -0.1) is 23.1 Å². The first-order valence-electron chi connectivity index (χ1n) is 10.1. The smallest absolute Gasteiger partial charge is 0.252 e.